The van der Waals surface area contributed by atoms with Crippen molar-refractivity contribution in [3.63, 3.8) is 0 Å². The summed E-state index contributed by atoms with van der Waals surface area (Å²) in [6.45, 7) is 4.62. The van der Waals surface area contributed by atoms with Crippen LogP contribution in [0.15, 0.2) is 4.79 Å². The maximum Gasteiger partial charge on any atom is 0.256 e. The van der Waals surface area contributed by atoms with Crippen molar-refractivity contribution in [2.45, 2.75) is 26.9 Å². The molecule has 0 aliphatic heterocycles. The summed E-state index contributed by atoms with van der Waals surface area (Å²) in [5.41, 5.74) is 5.98. The predicted molar refractivity (Wildman–Crippen MR) is 54.0 cm³/mol. The van der Waals surface area contributed by atoms with E-state index in [1.807, 2.05) is 13.8 Å². The molecule has 0 amide bonds. The van der Waals surface area contributed by atoms with Crippen LogP contribution in [0.2, 0.25) is 0 Å². The molecule has 0 aromatic carbocycles. The van der Waals surface area contributed by atoms with Crippen LogP contribution in [0.4, 0.5) is 5.82 Å². The molecule has 0 bridgehead atoms. The molecular weight excluding hydrogens is 182 g/mol. The highest BCUT2D eigenvalue weighted by Crippen LogP contribution is 2.03. The second-order valence-electron chi connectivity index (χ2n) is 2.87. The van der Waals surface area contributed by atoms with Crippen molar-refractivity contribution in [3.8, 4) is 0 Å². The van der Waals surface area contributed by atoms with Gasteiger partial charge in [-0.1, -0.05) is 6.92 Å². The van der Waals surface area contributed by atoms with Crippen LogP contribution in [-0.2, 0) is 17.8 Å². The number of nitrogens with one attached hydrogen (secondary N) is 1. The highest BCUT2D eigenvalue weighted by atomic mass is 16.5. The summed E-state index contributed by atoms with van der Waals surface area (Å²) < 4.78 is 5.11. The number of hydrogen-bond acceptors (Lipinski definition) is 4. The first kappa shape index (κ1) is 10.7. The monoisotopic (exact) mass is 197 g/mol. The van der Waals surface area contributed by atoms with Crippen LogP contribution in [0, 0.1) is 0 Å². The Morgan fingerprint density at radius 3 is 2.71 bits per heavy atom. The Hall–Kier alpha value is -1.36. The molecule has 5 nitrogen and oxygen atoms in total. The van der Waals surface area contributed by atoms with E-state index in [-0.39, 0.29) is 5.56 Å². The van der Waals surface area contributed by atoms with Crippen molar-refractivity contribution in [1.82, 2.24) is 9.97 Å². The Labute approximate surface area is 82.3 Å². The van der Waals surface area contributed by atoms with Crippen molar-refractivity contribution < 1.29 is 4.74 Å². The Morgan fingerprint density at radius 1 is 1.50 bits per heavy atom. The molecule has 1 aromatic heterocycles. The largest absolute Gasteiger partial charge is 0.383 e. The van der Waals surface area contributed by atoms with E-state index in [1.54, 1.807) is 0 Å². The van der Waals surface area contributed by atoms with Gasteiger partial charge in [-0.05, 0) is 13.3 Å². The fourth-order valence-electron chi connectivity index (χ4n) is 1.17. The topological polar surface area (TPSA) is 81.0 Å². The lowest BCUT2D eigenvalue weighted by atomic mass is 10.2. The van der Waals surface area contributed by atoms with Crippen LogP contribution in [0.3, 0.4) is 0 Å². The van der Waals surface area contributed by atoms with Gasteiger partial charge in [-0.2, -0.15) is 0 Å². The van der Waals surface area contributed by atoms with Gasteiger partial charge in [-0.3, -0.25) is 4.79 Å². The third kappa shape index (κ3) is 2.32. The summed E-state index contributed by atoms with van der Waals surface area (Å²) in [5.74, 6) is 0.775. The number of H-pyrrole nitrogens is 1. The molecule has 1 rings (SSSR count). The molecule has 78 valence electrons. The number of nitrogens with zero attached hydrogens (tertiary/aromatic N) is 1. The average Bonchev–Trinajstić information content (AvgIpc) is 2.14. The molecule has 0 aliphatic carbocycles. The minimum Gasteiger partial charge on any atom is -0.383 e. The number of nitrogens with two attached hydrogens (primary N) is 1. The fourth-order valence-corrected chi connectivity index (χ4v) is 1.17. The lowest BCUT2D eigenvalue weighted by molar-refractivity contribution is 0.128. The molecule has 0 aliphatic rings. The Kier molecular flexibility index (Phi) is 3.64. The summed E-state index contributed by atoms with van der Waals surface area (Å²) in [6, 6.07) is 0. The molecule has 1 heterocycles. The van der Waals surface area contributed by atoms with E-state index in [9.17, 15) is 4.79 Å². The first-order chi connectivity index (χ1) is 6.69. The molecule has 5 heteroatoms. The van der Waals surface area contributed by atoms with Crippen molar-refractivity contribution in [1.29, 1.82) is 0 Å². The van der Waals surface area contributed by atoms with Gasteiger partial charge < -0.3 is 15.5 Å². The van der Waals surface area contributed by atoms with E-state index < -0.39 is 0 Å². The highest BCUT2D eigenvalue weighted by molar-refractivity contribution is 5.37. The Morgan fingerprint density at radius 2 is 2.21 bits per heavy atom. The third-order valence-corrected chi connectivity index (χ3v) is 1.89. The van der Waals surface area contributed by atoms with E-state index >= 15 is 0 Å². The van der Waals surface area contributed by atoms with Crippen LogP contribution in [0.25, 0.3) is 0 Å². The Bertz CT molecular complexity index is 360. The molecular formula is C9H15N3O2. The molecule has 1 aromatic rings. The zero-order chi connectivity index (χ0) is 10.6. The van der Waals surface area contributed by atoms with Crippen LogP contribution >= 0.6 is 0 Å². The summed E-state index contributed by atoms with van der Waals surface area (Å²) in [5, 5.41) is 0. The molecule has 14 heavy (non-hydrogen) atoms. The van der Waals surface area contributed by atoms with Crippen LogP contribution in [-0.4, -0.2) is 16.6 Å². The first-order valence-electron chi connectivity index (χ1n) is 4.64. The molecule has 0 spiro atoms. The van der Waals surface area contributed by atoms with E-state index in [1.165, 1.54) is 0 Å². The number of ether oxygens (including phenoxy) is 1. The fraction of sp³-hybridized carbons (Fsp3) is 0.556. The average molecular weight is 197 g/mol. The Balaban J connectivity index is 2.96. The van der Waals surface area contributed by atoms with Gasteiger partial charge in [0.15, 0.2) is 0 Å². The normalized spacial score (nSPS) is 10.4. The number of nitrogen functional groups attached to an aromatic ring is 1. The van der Waals surface area contributed by atoms with E-state index in [0.717, 1.165) is 0 Å². The van der Waals surface area contributed by atoms with Crippen molar-refractivity contribution >= 4 is 5.82 Å². The predicted octanol–water partition coefficient (Wildman–Crippen LogP) is 0.451. The van der Waals surface area contributed by atoms with Gasteiger partial charge in [0.25, 0.3) is 5.56 Å². The minimum atomic E-state index is -0.172. The summed E-state index contributed by atoms with van der Waals surface area (Å²) in [6.07, 6.45) is 0.586. The van der Waals surface area contributed by atoms with Crippen LogP contribution in [0.5, 0.6) is 0 Å². The summed E-state index contributed by atoms with van der Waals surface area (Å²) in [7, 11) is 0. The number of aromatic nitrogens is 2. The van der Waals surface area contributed by atoms with Gasteiger partial charge in [0.2, 0.25) is 0 Å². The molecule has 0 radical (unpaired) electrons. The maximum absolute atomic E-state index is 11.4. The summed E-state index contributed by atoms with van der Waals surface area (Å²) in [4.78, 5) is 18.1. The summed E-state index contributed by atoms with van der Waals surface area (Å²) >= 11 is 0. The zero-order valence-electron chi connectivity index (χ0n) is 8.46. The SMILES string of the molecule is CCOCc1nc(N)c(CC)c(=O)[nH]1. The molecule has 0 atom stereocenters. The third-order valence-electron chi connectivity index (χ3n) is 1.89. The van der Waals surface area contributed by atoms with E-state index in [2.05, 4.69) is 9.97 Å². The molecule has 0 unspecified atom stereocenters. The van der Waals surface area contributed by atoms with Crippen molar-refractivity contribution in [3.05, 3.63) is 21.7 Å². The van der Waals surface area contributed by atoms with Gasteiger partial charge in [0, 0.05) is 6.61 Å². The van der Waals surface area contributed by atoms with Gasteiger partial charge >= 0.3 is 0 Å². The van der Waals surface area contributed by atoms with Gasteiger partial charge in [-0.15, -0.1) is 0 Å². The van der Waals surface area contributed by atoms with Crippen LogP contribution < -0.4 is 11.3 Å². The van der Waals surface area contributed by atoms with Crippen molar-refractivity contribution in [2.75, 3.05) is 12.3 Å². The second kappa shape index (κ2) is 4.76. The molecule has 0 saturated carbocycles. The maximum atomic E-state index is 11.4. The van der Waals surface area contributed by atoms with Gasteiger partial charge in [-0.25, -0.2) is 4.98 Å². The molecule has 3 N–H and O–H groups in total. The van der Waals surface area contributed by atoms with Gasteiger partial charge in [0.1, 0.15) is 18.2 Å². The van der Waals surface area contributed by atoms with Crippen molar-refractivity contribution in [2.24, 2.45) is 0 Å². The van der Waals surface area contributed by atoms with E-state index in [4.69, 9.17) is 10.5 Å². The highest BCUT2D eigenvalue weighted by Gasteiger charge is 2.06. The zero-order valence-corrected chi connectivity index (χ0v) is 8.46. The smallest absolute Gasteiger partial charge is 0.256 e. The standard InChI is InChI=1S/C9H15N3O2/c1-3-6-8(10)11-7(5-14-4-2)12-9(6)13/h3-5H2,1-2H3,(H3,10,11,12,13). The molecule has 0 fully saturated rings. The minimum absolute atomic E-state index is 0.172. The van der Waals surface area contributed by atoms with E-state index in [0.29, 0.717) is 36.8 Å². The number of hydrogen-bond donors (Lipinski definition) is 2. The number of anilines is 1. The lowest BCUT2D eigenvalue weighted by Gasteiger charge is -2.04. The number of aromatic amines is 1. The first-order valence-corrected chi connectivity index (χ1v) is 4.64. The quantitative estimate of drug-likeness (QED) is 0.734. The second-order valence-corrected chi connectivity index (χ2v) is 2.87. The van der Waals surface area contributed by atoms with Gasteiger partial charge in [0.05, 0.1) is 5.56 Å². The molecule has 0 saturated heterocycles. The number of rotatable bonds is 4. The lowest BCUT2D eigenvalue weighted by Crippen LogP contribution is -2.19. The van der Waals surface area contributed by atoms with Crippen LogP contribution in [0.1, 0.15) is 25.2 Å².